The predicted octanol–water partition coefficient (Wildman–Crippen LogP) is 4.26. The van der Waals surface area contributed by atoms with Gasteiger partial charge in [-0.3, -0.25) is 4.79 Å². The molecule has 0 aromatic heterocycles. The van der Waals surface area contributed by atoms with Crippen molar-refractivity contribution in [2.24, 2.45) is 5.92 Å². The number of rotatable bonds is 8. The summed E-state index contributed by atoms with van der Waals surface area (Å²) in [6, 6.07) is 3.62. The van der Waals surface area contributed by atoms with Gasteiger partial charge in [0, 0.05) is 17.0 Å². The number of nitrogens with one attached hydrogen (secondary N) is 1. The molecule has 1 aliphatic rings. The Balaban J connectivity index is 1.64. The third-order valence-corrected chi connectivity index (χ3v) is 6.91. The maximum Gasteiger partial charge on any atom is 0.247 e. The van der Waals surface area contributed by atoms with E-state index in [0.717, 1.165) is 7.11 Å². The van der Waals surface area contributed by atoms with Crippen LogP contribution in [0, 0.1) is 29.2 Å². The van der Waals surface area contributed by atoms with Gasteiger partial charge in [-0.05, 0) is 31.0 Å². The number of Topliss-reactive ketones (excluding diaryl/α,β-unsaturated/α-hetero) is 1. The second kappa shape index (κ2) is 9.42. The monoisotopic (exact) mass is 515 g/mol. The quantitative estimate of drug-likeness (QED) is 0.322. The van der Waals surface area contributed by atoms with Gasteiger partial charge >= 0.3 is 0 Å². The molecule has 0 spiro atoms. The molecule has 0 radical (unpaired) electrons. The number of benzene rings is 2. The Labute approximate surface area is 190 Å². The van der Waals surface area contributed by atoms with E-state index in [4.69, 9.17) is 27.9 Å². The van der Waals surface area contributed by atoms with Crippen molar-refractivity contribution in [1.82, 2.24) is 4.72 Å². The van der Waals surface area contributed by atoms with Gasteiger partial charge in [-0.1, -0.05) is 23.2 Å². The summed E-state index contributed by atoms with van der Waals surface area (Å²) in [5.74, 6) is -10.6. The molecule has 32 heavy (non-hydrogen) atoms. The van der Waals surface area contributed by atoms with Gasteiger partial charge in [-0.15, -0.1) is 0 Å². The van der Waals surface area contributed by atoms with Crippen LogP contribution in [-0.4, -0.2) is 34.0 Å². The van der Waals surface area contributed by atoms with Crippen molar-refractivity contribution in [1.29, 1.82) is 0 Å². The van der Waals surface area contributed by atoms with Gasteiger partial charge in [0.2, 0.25) is 21.7 Å². The molecule has 0 amide bonds. The van der Waals surface area contributed by atoms with E-state index in [0.29, 0.717) is 5.02 Å². The second-order valence-corrected chi connectivity index (χ2v) is 9.43. The lowest BCUT2D eigenvalue weighted by atomic mass is 9.78. The zero-order chi connectivity index (χ0) is 23.8. The Hall–Kier alpha value is -2.08. The first-order valence-corrected chi connectivity index (χ1v) is 11.2. The molecule has 174 valence electrons. The topological polar surface area (TPSA) is 81.7 Å². The molecule has 0 heterocycles. The molecule has 0 unspecified atom stereocenters. The van der Waals surface area contributed by atoms with Crippen LogP contribution in [0.3, 0.4) is 0 Å². The van der Waals surface area contributed by atoms with Crippen molar-refractivity contribution in [3.63, 3.8) is 0 Å². The summed E-state index contributed by atoms with van der Waals surface area (Å²) in [6.45, 7) is -0.331. The maximum absolute atomic E-state index is 14.1. The summed E-state index contributed by atoms with van der Waals surface area (Å²) in [6.07, 6.45) is 0.0672. The van der Waals surface area contributed by atoms with Gasteiger partial charge in [-0.25, -0.2) is 26.3 Å². The van der Waals surface area contributed by atoms with Crippen LogP contribution in [-0.2, 0) is 14.8 Å². The Morgan fingerprint density at radius 3 is 2.31 bits per heavy atom. The van der Waals surface area contributed by atoms with Crippen LogP contribution >= 0.6 is 23.2 Å². The van der Waals surface area contributed by atoms with Gasteiger partial charge in [0.1, 0.15) is 12.4 Å². The molecule has 1 fully saturated rings. The number of hydrogen-bond donors (Lipinski definition) is 1. The number of hydrogen-bond acceptors (Lipinski definition) is 5. The van der Waals surface area contributed by atoms with Gasteiger partial charge < -0.3 is 9.47 Å². The molecule has 2 aromatic rings. The predicted molar refractivity (Wildman–Crippen MR) is 107 cm³/mol. The van der Waals surface area contributed by atoms with Crippen LogP contribution in [0.4, 0.5) is 17.6 Å². The number of sulfonamides is 1. The Morgan fingerprint density at radius 2 is 1.72 bits per heavy atom. The van der Waals surface area contributed by atoms with E-state index < -0.39 is 55.9 Å². The number of methoxy groups -OCH3 is 1. The van der Waals surface area contributed by atoms with E-state index in [9.17, 15) is 30.8 Å². The molecule has 0 bridgehead atoms. The fourth-order valence-corrected chi connectivity index (χ4v) is 5.08. The van der Waals surface area contributed by atoms with E-state index in [1.165, 1.54) is 18.2 Å². The van der Waals surface area contributed by atoms with E-state index in [1.807, 2.05) is 4.72 Å². The minimum absolute atomic E-state index is 0.0336. The van der Waals surface area contributed by atoms with Crippen molar-refractivity contribution in [2.75, 3.05) is 13.7 Å². The first-order chi connectivity index (χ1) is 15.0. The number of carbonyl (C=O) groups is 1. The molecular weight excluding hydrogens is 501 g/mol. The molecule has 1 aliphatic carbocycles. The largest absolute Gasteiger partial charge is 0.492 e. The Morgan fingerprint density at radius 1 is 1.09 bits per heavy atom. The zero-order valence-electron chi connectivity index (χ0n) is 16.2. The average Bonchev–Trinajstić information content (AvgIpc) is 2.70. The molecule has 0 atom stereocenters. The van der Waals surface area contributed by atoms with E-state index in [1.54, 1.807) is 0 Å². The highest BCUT2D eigenvalue weighted by molar-refractivity contribution is 7.89. The summed E-state index contributed by atoms with van der Waals surface area (Å²) >= 11 is 11.7. The van der Waals surface area contributed by atoms with Gasteiger partial charge in [0.15, 0.2) is 28.1 Å². The molecule has 1 saturated carbocycles. The minimum Gasteiger partial charge on any atom is -0.492 e. The smallest absolute Gasteiger partial charge is 0.247 e. The summed E-state index contributed by atoms with van der Waals surface area (Å²) in [4.78, 5) is 10.8. The normalized spacial score (nSPS) is 18.2. The second-order valence-electron chi connectivity index (χ2n) is 6.93. The van der Waals surface area contributed by atoms with Gasteiger partial charge in [0.25, 0.3) is 0 Å². The van der Waals surface area contributed by atoms with Crippen LogP contribution in [0.1, 0.15) is 12.8 Å². The lowest BCUT2D eigenvalue weighted by molar-refractivity contribution is -0.127. The number of ether oxygens (including phenoxy) is 2. The van der Waals surface area contributed by atoms with Gasteiger partial charge in [0.05, 0.1) is 12.1 Å². The van der Waals surface area contributed by atoms with Crippen LogP contribution < -0.4 is 14.2 Å². The molecule has 13 heteroatoms. The molecule has 3 rings (SSSR count). The fraction of sp³-hybridized carbons (Fsp3) is 0.316. The molecule has 1 N–H and O–H groups in total. The Kier molecular flexibility index (Phi) is 7.23. The van der Waals surface area contributed by atoms with Crippen molar-refractivity contribution >= 4 is 39.0 Å². The highest BCUT2D eigenvalue weighted by Crippen LogP contribution is 2.36. The lowest BCUT2D eigenvalue weighted by Gasteiger charge is -2.34. The Bertz CT molecular complexity index is 1170. The van der Waals surface area contributed by atoms with Crippen molar-refractivity contribution < 1.29 is 40.2 Å². The number of carbonyl (C=O) groups excluding carboxylic acids is 1. The van der Waals surface area contributed by atoms with Crippen LogP contribution in [0.15, 0.2) is 23.1 Å². The highest BCUT2D eigenvalue weighted by atomic mass is 35.5. The summed E-state index contributed by atoms with van der Waals surface area (Å²) < 4.78 is 91.7. The van der Waals surface area contributed by atoms with E-state index >= 15 is 0 Å². The third kappa shape index (κ3) is 4.80. The van der Waals surface area contributed by atoms with Crippen LogP contribution in [0.25, 0.3) is 0 Å². The number of ketones is 1. The highest BCUT2D eigenvalue weighted by Gasteiger charge is 2.40. The summed E-state index contributed by atoms with van der Waals surface area (Å²) in [5.41, 5.74) is 0. The van der Waals surface area contributed by atoms with Crippen molar-refractivity contribution in [2.45, 2.75) is 23.8 Å². The molecule has 2 aromatic carbocycles. The first kappa shape index (κ1) is 24.6. The van der Waals surface area contributed by atoms with Gasteiger partial charge in [-0.2, -0.15) is 4.39 Å². The fourth-order valence-electron chi connectivity index (χ4n) is 3.13. The summed E-state index contributed by atoms with van der Waals surface area (Å²) in [7, 11) is -4.06. The minimum atomic E-state index is -4.84. The zero-order valence-corrected chi connectivity index (χ0v) is 18.6. The van der Waals surface area contributed by atoms with Crippen molar-refractivity contribution in [3.8, 4) is 11.5 Å². The average molecular weight is 516 g/mol. The molecular formula is C19H15Cl2F4NO5S. The summed E-state index contributed by atoms with van der Waals surface area (Å²) in [5, 5.41) is 0.594. The lowest BCUT2D eigenvalue weighted by Crippen LogP contribution is -2.47. The SMILES string of the molecule is COc1c(F)c(F)c(F)c(F)c1S(=O)(=O)NC1CC(C(=O)COc2ccc(Cl)cc2Cl)C1. The number of halogens is 6. The maximum atomic E-state index is 14.1. The van der Waals surface area contributed by atoms with Crippen LogP contribution in [0.5, 0.6) is 11.5 Å². The standard InChI is InChI=1S/C19H15Cl2F4NO5S/c1-30-18-16(24)14(22)15(23)17(25)19(18)32(28,29)26-10-4-8(5-10)12(27)7-31-13-3-2-9(20)6-11(13)21/h2-3,6,8,10,26H,4-5,7H2,1H3. The molecule has 6 nitrogen and oxygen atoms in total. The van der Waals surface area contributed by atoms with E-state index in [2.05, 4.69) is 4.74 Å². The van der Waals surface area contributed by atoms with E-state index in [-0.39, 0.29) is 36.0 Å². The first-order valence-electron chi connectivity index (χ1n) is 8.99. The molecule has 0 saturated heterocycles. The van der Waals surface area contributed by atoms with Crippen LogP contribution in [0.2, 0.25) is 10.0 Å². The third-order valence-electron chi connectivity index (χ3n) is 4.83. The van der Waals surface area contributed by atoms with Crippen molar-refractivity contribution in [3.05, 3.63) is 51.5 Å². The molecule has 0 aliphatic heterocycles.